The second kappa shape index (κ2) is 5.67. The topological polar surface area (TPSA) is 73.1 Å². The van der Waals surface area contributed by atoms with Crippen LogP contribution in [0.5, 0.6) is 0 Å². The molecule has 4 nitrogen and oxygen atoms in total. The zero-order chi connectivity index (χ0) is 13.9. The molecule has 0 bridgehead atoms. The maximum atomic E-state index is 12.1. The maximum absolute atomic E-state index is 12.1. The molecule has 102 valence electrons. The van der Waals surface area contributed by atoms with E-state index in [4.69, 9.17) is 5.73 Å². The van der Waals surface area contributed by atoms with Gasteiger partial charge in [0.25, 0.3) is 0 Å². The van der Waals surface area contributed by atoms with Gasteiger partial charge in [-0.25, -0.2) is 8.42 Å². The number of fused-ring (bicyclic) bond motifs is 1. The lowest BCUT2D eigenvalue weighted by Crippen LogP contribution is -2.20. The number of hydrogen-bond donors (Lipinski definition) is 1. The molecule has 1 unspecified atom stereocenters. The molecule has 0 amide bonds. The Kier molecular flexibility index (Phi) is 4.17. The van der Waals surface area contributed by atoms with E-state index in [1.165, 1.54) is 0 Å². The normalized spacial score (nSPS) is 13.6. The van der Waals surface area contributed by atoms with Crippen molar-refractivity contribution in [2.75, 3.05) is 5.75 Å². The van der Waals surface area contributed by atoms with Crippen LogP contribution in [0.4, 0.5) is 0 Å². The SMILES string of the molecule is CC(N)CCS(=O)(=O)Cc1cccc2cccnc12. The van der Waals surface area contributed by atoms with Crippen molar-refractivity contribution in [2.24, 2.45) is 5.73 Å². The average Bonchev–Trinajstić information content (AvgIpc) is 2.37. The summed E-state index contributed by atoms with van der Waals surface area (Å²) in [5, 5.41) is 0.961. The second-order valence-corrected chi connectivity index (χ2v) is 7.03. The fourth-order valence-corrected chi connectivity index (χ4v) is 3.54. The lowest BCUT2D eigenvalue weighted by Gasteiger charge is -2.08. The molecule has 1 heterocycles. The van der Waals surface area contributed by atoms with E-state index in [-0.39, 0.29) is 17.5 Å². The minimum atomic E-state index is -3.14. The molecule has 0 aliphatic rings. The highest BCUT2D eigenvalue weighted by Crippen LogP contribution is 2.18. The Labute approximate surface area is 113 Å². The van der Waals surface area contributed by atoms with Crippen molar-refractivity contribution in [3.8, 4) is 0 Å². The summed E-state index contributed by atoms with van der Waals surface area (Å²) in [6, 6.07) is 9.29. The van der Waals surface area contributed by atoms with Gasteiger partial charge >= 0.3 is 0 Å². The molecule has 0 aliphatic heterocycles. The number of benzene rings is 1. The molecule has 1 aromatic carbocycles. The Bertz CT molecular complexity index is 661. The Morgan fingerprint density at radius 1 is 1.26 bits per heavy atom. The number of para-hydroxylation sites is 1. The maximum Gasteiger partial charge on any atom is 0.154 e. The Balaban J connectivity index is 2.26. The zero-order valence-corrected chi connectivity index (χ0v) is 11.7. The van der Waals surface area contributed by atoms with Crippen LogP contribution in [0.15, 0.2) is 36.5 Å². The molecule has 19 heavy (non-hydrogen) atoms. The van der Waals surface area contributed by atoms with E-state index < -0.39 is 9.84 Å². The van der Waals surface area contributed by atoms with Crippen LogP contribution in [0.3, 0.4) is 0 Å². The molecule has 0 saturated heterocycles. The summed E-state index contributed by atoms with van der Waals surface area (Å²) in [5.74, 6) is 0.141. The third-order valence-electron chi connectivity index (χ3n) is 2.98. The molecule has 2 aromatic rings. The fraction of sp³-hybridized carbons (Fsp3) is 0.357. The number of nitrogens with two attached hydrogens (primary N) is 1. The average molecular weight is 278 g/mol. The van der Waals surface area contributed by atoms with E-state index in [2.05, 4.69) is 4.98 Å². The van der Waals surface area contributed by atoms with E-state index >= 15 is 0 Å². The summed E-state index contributed by atoms with van der Waals surface area (Å²) in [7, 11) is -3.14. The third-order valence-corrected chi connectivity index (χ3v) is 4.58. The van der Waals surface area contributed by atoms with E-state index in [0.717, 1.165) is 16.5 Å². The molecule has 0 saturated carbocycles. The first kappa shape index (κ1) is 14.0. The molecule has 0 fully saturated rings. The first-order valence-electron chi connectivity index (χ1n) is 6.26. The van der Waals surface area contributed by atoms with Crippen LogP contribution in [0, 0.1) is 0 Å². The summed E-state index contributed by atoms with van der Waals surface area (Å²) in [6.07, 6.45) is 2.17. The predicted octanol–water partition coefficient (Wildman–Crippen LogP) is 1.89. The van der Waals surface area contributed by atoms with Gasteiger partial charge in [0.1, 0.15) is 0 Å². The molecule has 1 aromatic heterocycles. The third kappa shape index (κ3) is 3.75. The minimum absolute atomic E-state index is 0.0219. The number of pyridine rings is 1. The van der Waals surface area contributed by atoms with Gasteiger partial charge in [-0.1, -0.05) is 24.3 Å². The highest BCUT2D eigenvalue weighted by molar-refractivity contribution is 7.90. The number of nitrogens with zero attached hydrogens (tertiary/aromatic N) is 1. The summed E-state index contributed by atoms with van der Waals surface area (Å²) < 4.78 is 24.1. The monoisotopic (exact) mass is 278 g/mol. The van der Waals surface area contributed by atoms with Gasteiger partial charge in [0, 0.05) is 17.6 Å². The standard InChI is InChI=1S/C14H18N2O2S/c1-11(15)7-9-19(17,18)10-13-5-2-4-12-6-3-8-16-14(12)13/h2-6,8,11H,7,9-10,15H2,1H3. The van der Waals surface area contributed by atoms with E-state index in [9.17, 15) is 8.42 Å². The molecular weight excluding hydrogens is 260 g/mol. The lowest BCUT2D eigenvalue weighted by molar-refractivity contribution is 0.587. The summed E-state index contributed by atoms with van der Waals surface area (Å²) in [5.41, 5.74) is 7.12. The summed E-state index contributed by atoms with van der Waals surface area (Å²) >= 11 is 0. The Hall–Kier alpha value is -1.46. The first-order chi connectivity index (χ1) is 8.98. The Morgan fingerprint density at radius 3 is 2.74 bits per heavy atom. The largest absolute Gasteiger partial charge is 0.328 e. The fourth-order valence-electron chi connectivity index (χ4n) is 1.96. The van der Waals surface area contributed by atoms with Crippen molar-refractivity contribution < 1.29 is 8.42 Å². The van der Waals surface area contributed by atoms with Gasteiger partial charge in [-0.3, -0.25) is 4.98 Å². The molecule has 0 radical (unpaired) electrons. The van der Waals surface area contributed by atoms with E-state index in [1.807, 2.05) is 37.3 Å². The van der Waals surface area contributed by atoms with Gasteiger partial charge < -0.3 is 5.73 Å². The highest BCUT2D eigenvalue weighted by Gasteiger charge is 2.15. The van der Waals surface area contributed by atoms with Crippen LogP contribution in [0.1, 0.15) is 18.9 Å². The van der Waals surface area contributed by atoms with Crippen LogP contribution in [0.25, 0.3) is 10.9 Å². The predicted molar refractivity (Wildman–Crippen MR) is 77.5 cm³/mol. The summed E-state index contributed by atoms with van der Waals surface area (Å²) in [6.45, 7) is 1.81. The number of rotatable bonds is 5. The van der Waals surface area contributed by atoms with Crippen LogP contribution in [-0.2, 0) is 15.6 Å². The molecule has 0 spiro atoms. The Morgan fingerprint density at radius 2 is 2.00 bits per heavy atom. The van der Waals surface area contributed by atoms with Gasteiger partial charge in [-0.05, 0) is 25.0 Å². The van der Waals surface area contributed by atoms with Crippen molar-refractivity contribution in [3.63, 3.8) is 0 Å². The molecule has 5 heteroatoms. The molecule has 1 atom stereocenters. The second-order valence-electron chi connectivity index (χ2n) is 4.85. The van der Waals surface area contributed by atoms with Crippen molar-refractivity contribution in [3.05, 3.63) is 42.1 Å². The van der Waals surface area contributed by atoms with E-state index in [1.54, 1.807) is 6.20 Å². The first-order valence-corrected chi connectivity index (χ1v) is 8.09. The smallest absolute Gasteiger partial charge is 0.154 e. The summed E-state index contributed by atoms with van der Waals surface area (Å²) in [4.78, 5) is 4.27. The zero-order valence-electron chi connectivity index (χ0n) is 10.9. The van der Waals surface area contributed by atoms with Gasteiger partial charge in [-0.2, -0.15) is 0 Å². The lowest BCUT2D eigenvalue weighted by atomic mass is 10.1. The van der Waals surface area contributed by atoms with Crippen LogP contribution < -0.4 is 5.73 Å². The quantitative estimate of drug-likeness (QED) is 0.906. The van der Waals surface area contributed by atoms with Gasteiger partial charge in [0.15, 0.2) is 9.84 Å². The molecule has 2 rings (SSSR count). The minimum Gasteiger partial charge on any atom is -0.328 e. The van der Waals surface area contributed by atoms with Crippen LogP contribution in [-0.4, -0.2) is 25.2 Å². The van der Waals surface area contributed by atoms with Crippen LogP contribution in [0.2, 0.25) is 0 Å². The van der Waals surface area contributed by atoms with Crippen molar-refractivity contribution in [1.29, 1.82) is 0 Å². The number of sulfone groups is 1. The van der Waals surface area contributed by atoms with Gasteiger partial charge in [0.2, 0.25) is 0 Å². The van der Waals surface area contributed by atoms with Gasteiger partial charge in [0.05, 0.1) is 17.0 Å². The molecule has 0 aliphatic carbocycles. The van der Waals surface area contributed by atoms with E-state index in [0.29, 0.717) is 6.42 Å². The number of hydrogen-bond acceptors (Lipinski definition) is 4. The van der Waals surface area contributed by atoms with Crippen molar-refractivity contribution in [1.82, 2.24) is 4.98 Å². The molecule has 2 N–H and O–H groups in total. The van der Waals surface area contributed by atoms with Crippen molar-refractivity contribution in [2.45, 2.75) is 25.1 Å². The molecular formula is C14H18N2O2S. The van der Waals surface area contributed by atoms with Crippen molar-refractivity contribution >= 4 is 20.7 Å². The number of aromatic nitrogens is 1. The highest BCUT2D eigenvalue weighted by atomic mass is 32.2. The van der Waals surface area contributed by atoms with Gasteiger partial charge in [-0.15, -0.1) is 0 Å². The van der Waals surface area contributed by atoms with Crippen LogP contribution >= 0.6 is 0 Å².